The van der Waals surface area contributed by atoms with E-state index in [1.165, 1.54) is 39.7 Å². The van der Waals surface area contributed by atoms with Gasteiger partial charge in [0.25, 0.3) is 0 Å². The van der Waals surface area contributed by atoms with Gasteiger partial charge in [0, 0.05) is 130 Å². The highest BCUT2D eigenvalue weighted by Gasteiger charge is 2.03. The maximum Gasteiger partial charge on any atom is 0.346 e. The molecule has 6 rings (SSSR count). The molecule has 104 heavy (non-hydrogen) atoms. The van der Waals surface area contributed by atoms with Crippen LogP contribution in [0.1, 0.15) is 250 Å². The minimum atomic E-state index is -3.22. The summed E-state index contributed by atoms with van der Waals surface area (Å²) in [6.07, 6.45) is 9.65. The van der Waals surface area contributed by atoms with E-state index in [1.54, 1.807) is 60.8 Å². The summed E-state index contributed by atoms with van der Waals surface area (Å²) < 4.78 is 9.51. The predicted molar refractivity (Wildman–Crippen MR) is 487 cm³/mol. The molecule has 0 aliphatic carbocycles. The Labute approximate surface area is 668 Å². The van der Waals surface area contributed by atoms with Crippen LogP contribution in [-0.2, 0) is 4.57 Å². The third-order valence-corrected chi connectivity index (χ3v) is 7.70. The number of halogens is 5. The largest absolute Gasteiger partial charge is 0.385 e. The Hall–Kier alpha value is -5.83. The molecule has 6 aromatic rings. The number of nitrogens with two attached hydrogens (primary N) is 4. The van der Waals surface area contributed by atoms with Crippen molar-refractivity contribution in [2.24, 2.45) is 17.2 Å². The average Bonchev–Trinajstić information content (AvgIpc) is 0.933. The summed E-state index contributed by atoms with van der Waals surface area (Å²) in [5, 5.41) is 14.7. The molecule has 6 heterocycles. The molecule has 26 nitrogen and oxygen atoms in total. The van der Waals surface area contributed by atoms with Crippen LogP contribution in [0.25, 0.3) is 0 Å². The van der Waals surface area contributed by atoms with E-state index >= 15 is 0 Å². The Balaban J connectivity index is -0.0000000326. The smallest absolute Gasteiger partial charge is 0.346 e. The number of hydrogen-bond donors (Lipinski definition) is 13. The van der Waals surface area contributed by atoms with Crippen LogP contribution in [0.3, 0.4) is 0 Å². The molecule has 0 spiro atoms. The summed E-state index contributed by atoms with van der Waals surface area (Å²) in [7, 11) is 15.2. The fourth-order valence-electron chi connectivity index (χ4n) is 4.07. The topological polar surface area (TPSA) is 408 Å². The lowest BCUT2D eigenvalue weighted by atomic mass is 10.3. The van der Waals surface area contributed by atoms with E-state index in [9.17, 15) is 18.9 Å². The fraction of sp³-hybridized carbons (Fsp3) is 0.657. The minimum absolute atomic E-state index is 0. The average molecular weight is 1610 g/mol. The van der Waals surface area contributed by atoms with Crippen LogP contribution in [0.5, 0.6) is 0 Å². The van der Waals surface area contributed by atoms with E-state index in [-0.39, 0.29) is 61.1 Å². The van der Waals surface area contributed by atoms with Gasteiger partial charge < -0.3 is 54.8 Å². The van der Waals surface area contributed by atoms with Crippen LogP contribution in [0, 0.1) is 41.5 Å². The molecule has 0 aliphatic rings. The van der Waals surface area contributed by atoms with Gasteiger partial charge in [0.15, 0.2) is 0 Å². The van der Waals surface area contributed by atoms with Crippen molar-refractivity contribution >= 4 is 120 Å². The zero-order chi connectivity index (χ0) is 83.9. The van der Waals surface area contributed by atoms with Gasteiger partial charge in [-0.05, 0) is 120 Å². The molecular weight excluding hydrogens is 1440 g/mol. The second-order valence-electron chi connectivity index (χ2n) is 12.2. The van der Waals surface area contributed by atoms with E-state index in [0.717, 1.165) is 62.5 Å². The molecular formula is C70H164B2Cl5N22O4P. The number of nitrogen functional groups attached to an aromatic ring is 1. The minimum Gasteiger partial charge on any atom is -0.385 e. The van der Waals surface area contributed by atoms with E-state index in [0.29, 0.717) is 11.8 Å². The fourth-order valence-corrected chi connectivity index (χ4v) is 4.34. The number of rotatable bonds is 6. The molecule has 0 aliphatic heterocycles. The van der Waals surface area contributed by atoms with Gasteiger partial charge in [-0.2, -0.15) is 4.98 Å². The first-order valence-corrected chi connectivity index (χ1v) is 39.3. The monoisotopic (exact) mass is 1610 g/mol. The van der Waals surface area contributed by atoms with Crippen LogP contribution in [-0.4, -0.2) is 140 Å². The standard InChI is InChI=1S/C7H12N4.2C6H8ClN3.2C6H9N3O.C5H7N3O.14C2H6.3CH5N.3CH4.2B.Cl3OP/c1-5-4-10-7(9-3)11-6(5)8-2;2*1-4-3-9-6(7)10-5(4)8-2;2*1-4-3-8-6(10)9-5(4)7-2;1-3-2-7-5(9)8-4(3)6;17*1-2;;;;;;1-5(2,3)4/h4H,1-3H3,(H2,8,9,10,11);2*3H,1-2H3,(H,8,9,10);2*3H,1-2H3,(H2,7,8,9,10);2H,1H3,(H3,6,7,8,9);14*1-2H3;3*2H2,1H3;3*1H4;;;. The number of anilines is 7. The van der Waals surface area contributed by atoms with Gasteiger partial charge in [-0.25, -0.2) is 54.3 Å². The molecule has 34 heteroatoms. The van der Waals surface area contributed by atoms with Crippen LogP contribution in [0.4, 0.5) is 40.9 Å². The molecule has 0 saturated heterocycles. The molecule has 624 valence electrons. The zero-order valence-electron chi connectivity index (χ0n) is 71.4. The molecule has 0 atom stereocenters. The Morgan fingerprint density at radius 2 is 0.519 bits per heavy atom. The first kappa shape index (κ1) is 164. The summed E-state index contributed by atoms with van der Waals surface area (Å²) in [5.74, 6) is 4.89. The normalized spacial score (nSPS) is 6.99. The van der Waals surface area contributed by atoms with Crippen molar-refractivity contribution in [3.8, 4) is 0 Å². The summed E-state index contributed by atoms with van der Waals surface area (Å²) in [6, 6.07) is 0. The highest BCUT2D eigenvalue weighted by molar-refractivity contribution is 8.24. The summed E-state index contributed by atoms with van der Waals surface area (Å²) >= 11 is 24.9. The molecule has 6 aromatic heterocycles. The quantitative estimate of drug-likeness (QED) is 0.0418. The first-order chi connectivity index (χ1) is 47.4. The van der Waals surface area contributed by atoms with Crippen LogP contribution in [0.15, 0.2) is 51.6 Å². The van der Waals surface area contributed by atoms with Crippen LogP contribution >= 0.6 is 62.1 Å². The number of nitrogens with zero attached hydrogens (tertiary/aromatic N) is 9. The van der Waals surface area contributed by atoms with Gasteiger partial charge in [0.1, 0.15) is 34.9 Å². The lowest BCUT2D eigenvalue weighted by molar-refractivity contribution is 0.600. The van der Waals surface area contributed by atoms with Gasteiger partial charge in [0.05, 0.1) is 0 Å². The Bertz CT molecular complexity index is 2520. The van der Waals surface area contributed by atoms with Crippen molar-refractivity contribution in [1.82, 2.24) is 59.8 Å². The maximum absolute atomic E-state index is 10.6. The first-order valence-electron chi connectivity index (χ1n) is 34.2. The number of nitrogens with one attached hydrogen (secondary N) is 9. The molecule has 17 N–H and O–H groups in total. The third-order valence-electron chi connectivity index (χ3n) is 7.34. The Morgan fingerprint density at radius 3 is 0.692 bits per heavy atom. The molecule has 0 amide bonds. The highest BCUT2D eigenvalue weighted by Crippen LogP contribution is 2.61. The van der Waals surface area contributed by atoms with Crippen LogP contribution < -0.4 is 71.9 Å². The van der Waals surface area contributed by atoms with Crippen molar-refractivity contribution in [2.75, 3.05) is 101 Å². The van der Waals surface area contributed by atoms with E-state index in [1.807, 2.05) is 236 Å². The number of H-pyrrole nitrogens is 3. The molecule has 0 saturated carbocycles. The van der Waals surface area contributed by atoms with Gasteiger partial charge >= 0.3 is 22.3 Å². The lowest BCUT2D eigenvalue weighted by Crippen LogP contribution is -2.12. The van der Waals surface area contributed by atoms with Gasteiger partial charge in [0.2, 0.25) is 16.5 Å². The van der Waals surface area contributed by atoms with Gasteiger partial charge in [-0.15, -0.1) is 0 Å². The number of hydrogen-bond acceptors (Lipinski definition) is 23. The molecule has 6 radical (unpaired) electrons. The SMILES string of the molecule is C.C.C.CC.CC.CC.CC.CC.CC.CC.CC.CC.CC.CC.CC.CC.CC.CN.CN.CN.CNc1[nH]c(=O)ncc1C.CNc1[nH]c(=O)ncc1C.CNc1nc(Cl)ncc1C.CNc1nc(Cl)ncc1C.CNc1ncc(C)c(NC)n1.Cc1cnc(=O)[nH]c1N.O=P(Cl)(Cl)Cl.[B].[B]. The molecule has 0 unspecified atom stereocenters. The predicted octanol–water partition coefficient (Wildman–Crippen LogP) is 20.8. The molecule has 0 aromatic carbocycles. The van der Waals surface area contributed by atoms with Gasteiger partial charge in [-0.1, -0.05) is 216 Å². The van der Waals surface area contributed by atoms with Crippen molar-refractivity contribution in [3.05, 3.63) is 113 Å². The Kier molecular flexibility index (Phi) is 232. The van der Waals surface area contributed by atoms with Gasteiger partial charge in [-0.3, -0.25) is 19.5 Å². The highest BCUT2D eigenvalue weighted by atomic mass is 36.0. The molecule has 0 fully saturated rings. The number of aromatic nitrogens is 12. The second-order valence-corrected chi connectivity index (χ2v) is 19.6. The van der Waals surface area contributed by atoms with E-state index in [4.69, 9.17) is 28.9 Å². The van der Waals surface area contributed by atoms with Crippen molar-refractivity contribution in [3.63, 3.8) is 0 Å². The summed E-state index contributed by atoms with van der Waals surface area (Å²) in [6.45, 7) is 67.3. The number of aromatic amines is 3. The van der Waals surface area contributed by atoms with Crippen molar-refractivity contribution in [2.45, 2.75) is 258 Å². The summed E-state index contributed by atoms with van der Waals surface area (Å²) in [4.78, 5) is 73.2. The Morgan fingerprint density at radius 1 is 0.327 bits per heavy atom. The van der Waals surface area contributed by atoms with E-state index in [2.05, 4.69) is 143 Å². The summed E-state index contributed by atoms with van der Waals surface area (Å²) in [5.41, 5.74) is 23.5. The van der Waals surface area contributed by atoms with Crippen LogP contribution in [0.2, 0.25) is 10.6 Å². The third kappa shape index (κ3) is 123. The second kappa shape index (κ2) is 147. The zero-order valence-corrected chi connectivity index (χ0v) is 76.1. The maximum atomic E-state index is 10.6. The van der Waals surface area contributed by atoms with Crippen molar-refractivity contribution in [1.29, 1.82) is 0 Å². The lowest BCUT2D eigenvalue weighted by Gasteiger charge is -2.04. The number of aryl methyl sites for hydroxylation is 6. The van der Waals surface area contributed by atoms with Crippen molar-refractivity contribution < 1.29 is 4.57 Å². The molecule has 0 bridgehead atoms. The van der Waals surface area contributed by atoms with E-state index < -0.39 is 10.9 Å².